The predicted octanol–water partition coefficient (Wildman–Crippen LogP) is 0.232. The molecule has 0 spiro atoms. The van der Waals surface area contributed by atoms with Crippen LogP contribution in [0.1, 0.15) is 24.8 Å². The Morgan fingerprint density at radius 3 is 2.58 bits per heavy atom. The monoisotopic (exact) mass is 363 g/mol. The van der Waals surface area contributed by atoms with Crippen LogP contribution in [0.4, 0.5) is 4.79 Å². The van der Waals surface area contributed by atoms with Crippen LogP contribution in [-0.4, -0.2) is 52.5 Å². The number of nitrogens with zero attached hydrogens (tertiary/aromatic N) is 1. The zero-order chi connectivity index (χ0) is 19.1. The Morgan fingerprint density at radius 1 is 1.27 bits per heavy atom. The quantitative estimate of drug-likeness (QED) is 0.634. The number of likely N-dealkylation sites (tertiary alicyclic amines) is 1. The number of hydrogen-bond donors (Lipinski definition) is 3. The summed E-state index contributed by atoms with van der Waals surface area (Å²) < 4.78 is 5.23. The van der Waals surface area contributed by atoms with E-state index in [9.17, 15) is 19.2 Å². The van der Waals surface area contributed by atoms with Crippen molar-refractivity contribution in [1.82, 2.24) is 10.2 Å². The van der Waals surface area contributed by atoms with Crippen LogP contribution in [0, 0.1) is 0 Å². The highest BCUT2D eigenvalue weighted by molar-refractivity contribution is 5.91. The summed E-state index contributed by atoms with van der Waals surface area (Å²) in [5.74, 6) is -2.86. The molecule has 140 valence electrons. The van der Waals surface area contributed by atoms with Gasteiger partial charge in [-0.1, -0.05) is 30.3 Å². The second-order valence-corrected chi connectivity index (χ2v) is 5.96. The molecule has 2 unspecified atom stereocenters. The summed E-state index contributed by atoms with van der Waals surface area (Å²) in [6.07, 6.45) is -0.193. The summed E-state index contributed by atoms with van der Waals surface area (Å²) >= 11 is 0. The minimum absolute atomic E-state index is 0.0734. The van der Waals surface area contributed by atoms with Gasteiger partial charge in [0.1, 0.15) is 18.7 Å². The molecular weight excluding hydrogens is 342 g/mol. The summed E-state index contributed by atoms with van der Waals surface area (Å²) in [6.45, 7) is 0.406. The summed E-state index contributed by atoms with van der Waals surface area (Å²) in [5, 5.41) is 11.3. The normalized spacial score (nSPS) is 17.4. The number of benzene rings is 1. The Morgan fingerprint density at radius 2 is 1.96 bits per heavy atom. The van der Waals surface area contributed by atoms with Crippen molar-refractivity contribution < 1.29 is 29.0 Å². The fourth-order valence-electron chi connectivity index (χ4n) is 2.73. The van der Waals surface area contributed by atoms with E-state index >= 15 is 0 Å². The lowest BCUT2D eigenvalue weighted by Crippen LogP contribution is -2.51. The number of amides is 3. The number of carbonyl (C=O) groups is 4. The SMILES string of the molecule is NC(=O)CC(NC(=O)C1CCCN1C(=O)OCc1ccccc1)C(=O)O. The average molecular weight is 363 g/mol. The number of carboxylic acids is 1. The van der Waals surface area contributed by atoms with Gasteiger partial charge in [-0.2, -0.15) is 0 Å². The van der Waals surface area contributed by atoms with Gasteiger partial charge in [-0.15, -0.1) is 0 Å². The van der Waals surface area contributed by atoms with Gasteiger partial charge in [-0.3, -0.25) is 14.5 Å². The van der Waals surface area contributed by atoms with E-state index in [-0.39, 0.29) is 6.61 Å². The number of aliphatic carboxylic acids is 1. The lowest BCUT2D eigenvalue weighted by Gasteiger charge is -2.24. The number of nitrogens with one attached hydrogen (secondary N) is 1. The lowest BCUT2D eigenvalue weighted by atomic mass is 10.1. The summed E-state index contributed by atoms with van der Waals surface area (Å²) in [6, 6.07) is 6.83. The second-order valence-electron chi connectivity index (χ2n) is 5.96. The number of ether oxygens (including phenoxy) is 1. The molecule has 1 aromatic carbocycles. The van der Waals surface area contributed by atoms with Gasteiger partial charge in [0.2, 0.25) is 11.8 Å². The van der Waals surface area contributed by atoms with Crippen LogP contribution in [-0.2, 0) is 25.7 Å². The molecule has 9 heteroatoms. The fraction of sp³-hybridized carbons (Fsp3) is 0.412. The Bertz CT molecular complexity index is 678. The molecule has 1 aromatic rings. The zero-order valence-corrected chi connectivity index (χ0v) is 14.1. The predicted molar refractivity (Wildman–Crippen MR) is 89.7 cm³/mol. The number of hydrogen-bond acceptors (Lipinski definition) is 5. The van der Waals surface area contributed by atoms with Gasteiger partial charge in [0.15, 0.2) is 0 Å². The Hall–Kier alpha value is -3.10. The maximum Gasteiger partial charge on any atom is 0.410 e. The van der Waals surface area contributed by atoms with Crippen LogP contribution in [0.5, 0.6) is 0 Å². The van der Waals surface area contributed by atoms with Gasteiger partial charge in [0.05, 0.1) is 6.42 Å². The molecule has 1 saturated heterocycles. The molecule has 9 nitrogen and oxygen atoms in total. The molecule has 2 rings (SSSR count). The Kier molecular flexibility index (Phi) is 6.54. The summed E-state index contributed by atoms with van der Waals surface area (Å²) in [7, 11) is 0. The van der Waals surface area contributed by atoms with Gasteiger partial charge in [0, 0.05) is 6.54 Å². The first kappa shape index (κ1) is 19.2. The largest absolute Gasteiger partial charge is 0.480 e. The van der Waals surface area contributed by atoms with E-state index in [0.29, 0.717) is 19.4 Å². The van der Waals surface area contributed by atoms with E-state index in [2.05, 4.69) is 5.32 Å². The van der Waals surface area contributed by atoms with Crippen LogP contribution in [0.15, 0.2) is 30.3 Å². The molecular formula is C17H21N3O6. The standard InChI is InChI=1S/C17H21N3O6/c18-14(21)9-12(16(23)24)19-15(22)13-7-4-8-20(13)17(25)26-10-11-5-2-1-3-6-11/h1-3,5-6,12-13H,4,7-10H2,(H2,18,21)(H,19,22)(H,23,24). The van der Waals surface area contributed by atoms with E-state index < -0.39 is 42.4 Å². The molecule has 3 amide bonds. The molecule has 2 atom stereocenters. The average Bonchev–Trinajstić information content (AvgIpc) is 3.09. The van der Waals surface area contributed by atoms with Crippen molar-refractivity contribution in [2.75, 3.05) is 6.54 Å². The molecule has 1 heterocycles. The third-order valence-electron chi connectivity index (χ3n) is 4.01. The van der Waals surface area contributed by atoms with Gasteiger partial charge in [-0.05, 0) is 18.4 Å². The number of carboxylic acid groups (broad SMARTS) is 1. The van der Waals surface area contributed by atoms with E-state index in [1.807, 2.05) is 30.3 Å². The molecule has 1 aliphatic heterocycles. The first-order valence-corrected chi connectivity index (χ1v) is 8.17. The Labute approximate surface area is 150 Å². The zero-order valence-electron chi connectivity index (χ0n) is 14.1. The molecule has 0 bridgehead atoms. The van der Waals surface area contributed by atoms with Gasteiger partial charge < -0.3 is 20.9 Å². The molecule has 0 aromatic heterocycles. The van der Waals surface area contributed by atoms with E-state index in [4.69, 9.17) is 15.6 Å². The molecule has 1 aliphatic rings. The third-order valence-corrected chi connectivity index (χ3v) is 4.01. The van der Waals surface area contributed by atoms with Crippen molar-refractivity contribution in [3.05, 3.63) is 35.9 Å². The van der Waals surface area contributed by atoms with Gasteiger partial charge in [0.25, 0.3) is 0 Å². The van der Waals surface area contributed by atoms with E-state index in [1.54, 1.807) is 0 Å². The van der Waals surface area contributed by atoms with Crippen molar-refractivity contribution in [2.24, 2.45) is 5.73 Å². The smallest absolute Gasteiger partial charge is 0.410 e. The van der Waals surface area contributed by atoms with E-state index in [0.717, 1.165) is 5.56 Å². The van der Waals surface area contributed by atoms with Crippen molar-refractivity contribution in [2.45, 2.75) is 38.0 Å². The molecule has 4 N–H and O–H groups in total. The maximum atomic E-state index is 12.4. The number of rotatable bonds is 7. The van der Waals surface area contributed by atoms with Crippen molar-refractivity contribution in [1.29, 1.82) is 0 Å². The highest BCUT2D eigenvalue weighted by Gasteiger charge is 2.37. The molecule has 0 aliphatic carbocycles. The van der Waals surface area contributed by atoms with Crippen LogP contribution < -0.4 is 11.1 Å². The topological polar surface area (TPSA) is 139 Å². The summed E-state index contributed by atoms with van der Waals surface area (Å²) in [4.78, 5) is 47.9. The van der Waals surface area contributed by atoms with Gasteiger partial charge in [-0.25, -0.2) is 9.59 Å². The van der Waals surface area contributed by atoms with Crippen LogP contribution >= 0.6 is 0 Å². The highest BCUT2D eigenvalue weighted by Crippen LogP contribution is 2.19. The molecule has 0 saturated carbocycles. The number of carbonyl (C=O) groups excluding carboxylic acids is 3. The molecule has 26 heavy (non-hydrogen) atoms. The maximum absolute atomic E-state index is 12.4. The summed E-state index contributed by atoms with van der Waals surface area (Å²) in [5.41, 5.74) is 5.81. The van der Waals surface area contributed by atoms with E-state index in [1.165, 1.54) is 4.90 Å². The van der Waals surface area contributed by atoms with Crippen LogP contribution in [0.2, 0.25) is 0 Å². The third kappa shape index (κ3) is 5.20. The first-order valence-electron chi connectivity index (χ1n) is 8.17. The highest BCUT2D eigenvalue weighted by atomic mass is 16.6. The second kappa shape index (κ2) is 8.84. The fourth-order valence-corrected chi connectivity index (χ4v) is 2.73. The molecule has 1 fully saturated rings. The van der Waals surface area contributed by atoms with Crippen molar-refractivity contribution in [3.8, 4) is 0 Å². The van der Waals surface area contributed by atoms with Crippen LogP contribution in [0.3, 0.4) is 0 Å². The number of primary amides is 1. The minimum Gasteiger partial charge on any atom is -0.480 e. The van der Waals surface area contributed by atoms with Crippen LogP contribution in [0.25, 0.3) is 0 Å². The van der Waals surface area contributed by atoms with Crippen molar-refractivity contribution >= 4 is 23.9 Å². The first-order chi connectivity index (χ1) is 12.4. The Balaban J connectivity index is 1.95. The van der Waals surface area contributed by atoms with Crippen molar-refractivity contribution in [3.63, 3.8) is 0 Å². The molecule has 0 radical (unpaired) electrons. The minimum atomic E-state index is -1.43. The number of nitrogens with two attached hydrogens (primary N) is 1. The van der Waals surface area contributed by atoms with Gasteiger partial charge >= 0.3 is 12.1 Å². The lowest BCUT2D eigenvalue weighted by molar-refractivity contribution is -0.143.